The quantitative estimate of drug-likeness (QED) is 0.156. The van der Waals surface area contributed by atoms with Gasteiger partial charge in [0.1, 0.15) is 5.82 Å². The third-order valence-electron chi connectivity index (χ3n) is 12.4. The second-order valence-electron chi connectivity index (χ2n) is 20.7. The Labute approximate surface area is 382 Å². The van der Waals surface area contributed by atoms with Crippen LogP contribution in [0.5, 0.6) is 0 Å². The molecule has 4 aromatic heterocycles. The molecule has 0 bridgehead atoms. The summed E-state index contributed by atoms with van der Waals surface area (Å²) in [6.07, 6.45) is 1.94. The van der Waals surface area contributed by atoms with E-state index in [0.29, 0.717) is 11.8 Å². The number of fused-ring (bicyclic) bond motifs is 6. The molecule has 0 saturated carbocycles. The van der Waals surface area contributed by atoms with Crippen molar-refractivity contribution in [1.29, 1.82) is 0 Å². The number of rotatable bonds is 6. The van der Waals surface area contributed by atoms with Crippen molar-refractivity contribution in [3.8, 4) is 28.3 Å². The van der Waals surface area contributed by atoms with Crippen LogP contribution in [-0.4, -0.2) is 23.9 Å². The van der Waals surface area contributed by atoms with Crippen molar-refractivity contribution in [2.45, 2.75) is 118 Å². The van der Waals surface area contributed by atoms with Crippen molar-refractivity contribution >= 4 is 43.6 Å². The zero-order chi connectivity index (χ0) is 43.3. The van der Waals surface area contributed by atoms with Gasteiger partial charge in [-0.2, -0.15) is 17.2 Å². The summed E-state index contributed by atoms with van der Waals surface area (Å²) < 4.78 is 6.84. The van der Waals surface area contributed by atoms with Crippen molar-refractivity contribution in [3.63, 3.8) is 0 Å². The maximum atomic E-state index is 5.65. The minimum atomic E-state index is -0.246. The first kappa shape index (κ1) is 43.4. The van der Waals surface area contributed by atoms with E-state index in [2.05, 4.69) is 219 Å². The number of nitrogens with zero attached hydrogens (tertiary/aromatic N) is 5. The molecule has 0 radical (unpaired) electrons. The first-order valence-corrected chi connectivity index (χ1v) is 22.0. The van der Waals surface area contributed by atoms with Gasteiger partial charge >= 0.3 is 21.1 Å². The van der Waals surface area contributed by atoms with E-state index in [0.717, 1.165) is 55.7 Å². The number of aromatic nitrogens is 5. The fourth-order valence-electron chi connectivity index (χ4n) is 9.40. The Hall–Kier alpha value is -5.25. The van der Waals surface area contributed by atoms with Crippen LogP contribution < -0.4 is 0 Å². The molecule has 5 aromatic carbocycles. The molecule has 0 aliphatic carbocycles. The van der Waals surface area contributed by atoms with Gasteiger partial charge in [-0.1, -0.05) is 161 Å². The normalized spacial score (nSPS) is 12.8. The molecule has 6 heteroatoms. The first-order chi connectivity index (χ1) is 28.8. The van der Waals surface area contributed by atoms with Crippen molar-refractivity contribution in [2.24, 2.45) is 0 Å². The fourth-order valence-corrected chi connectivity index (χ4v) is 9.40. The van der Waals surface area contributed by atoms with Gasteiger partial charge in [0.2, 0.25) is 0 Å². The molecule has 62 heavy (non-hydrogen) atoms. The van der Waals surface area contributed by atoms with Gasteiger partial charge in [-0.05, 0) is 80.2 Å². The van der Waals surface area contributed by atoms with Crippen LogP contribution in [0.1, 0.15) is 130 Å². The average Bonchev–Trinajstić information content (AvgIpc) is 3.88. The zero-order valence-electron chi connectivity index (χ0n) is 38.6. The maximum absolute atomic E-state index is 5.65. The Morgan fingerprint density at radius 1 is 0.516 bits per heavy atom. The van der Waals surface area contributed by atoms with E-state index in [-0.39, 0.29) is 37.3 Å². The summed E-state index contributed by atoms with van der Waals surface area (Å²) in [6, 6.07) is 45.5. The molecule has 0 amide bonds. The Balaban J connectivity index is 0.00000529. The smallest absolute Gasteiger partial charge is 0.358 e. The SMILES string of the molecule is CC(C)c1cccc(C(C)C)c1-c1c(C(C)(C)C)nn(-c2[c-]c3c(cc2)c2ccccc2n3-c2[c-]c3c(cc2)c2ccccc2n3-c2cc(C(C)(C)C)ccn2)c1C(C)(C)C.[Pt+2]. The van der Waals surface area contributed by atoms with Gasteiger partial charge in [0.25, 0.3) is 0 Å². The van der Waals surface area contributed by atoms with E-state index in [4.69, 9.17) is 10.1 Å². The first-order valence-electron chi connectivity index (χ1n) is 22.0. The average molecular weight is 997 g/mol. The molecule has 5 nitrogen and oxygen atoms in total. The summed E-state index contributed by atoms with van der Waals surface area (Å²) in [5.74, 6) is 1.59. The molecular weight excluding hydrogens is 938 g/mol. The van der Waals surface area contributed by atoms with E-state index in [1.807, 2.05) is 6.20 Å². The molecule has 4 heterocycles. The second kappa shape index (κ2) is 15.5. The largest absolute Gasteiger partial charge is 2.00 e. The van der Waals surface area contributed by atoms with Gasteiger partial charge in [-0.15, -0.1) is 35.0 Å². The summed E-state index contributed by atoms with van der Waals surface area (Å²) in [6.45, 7) is 29.9. The van der Waals surface area contributed by atoms with E-state index < -0.39 is 0 Å². The van der Waals surface area contributed by atoms with Gasteiger partial charge in [0.05, 0.1) is 11.4 Å². The summed E-state index contributed by atoms with van der Waals surface area (Å²) in [5, 5.41) is 10.3. The predicted octanol–water partition coefficient (Wildman–Crippen LogP) is 14.9. The van der Waals surface area contributed by atoms with Crippen molar-refractivity contribution in [1.82, 2.24) is 23.9 Å². The van der Waals surface area contributed by atoms with Crippen LogP contribution in [0.25, 0.3) is 71.9 Å². The second-order valence-corrected chi connectivity index (χ2v) is 20.7. The molecule has 0 unspecified atom stereocenters. The minimum Gasteiger partial charge on any atom is -0.358 e. The Bertz CT molecular complexity index is 3120. The Morgan fingerprint density at radius 2 is 1.05 bits per heavy atom. The van der Waals surface area contributed by atoms with Crippen molar-refractivity contribution in [3.05, 3.63) is 150 Å². The van der Waals surface area contributed by atoms with E-state index in [1.54, 1.807) is 0 Å². The van der Waals surface area contributed by atoms with Crippen molar-refractivity contribution < 1.29 is 21.1 Å². The molecule has 0 N–H and O–H groups in total. The summed E-state index contributed by atoms with van der Waals surface area (Å²) >= 11 is 0. The number of pyridine rings is 1. The van der Waals surface area contributed by atoms with Crippen LogP contribution in [0.3, 0.4) is 0 Å². The molecule has 0 fully saturated rings. The van der Waals surface area contributed by atoms with E-state index >= 15 is 0 Å². The van der Waals surface area contributed by atoms with Crippen molar-refractivity contribution in [2.75, 3.05) is 0 Å². The maximum Gasteiger partial charge on any atom is 2.00 e. The number of hydrogen-bond acceptors (Lipinski definition) is 2. The zero-order valence-corrected chi connectivity index (χ0v) is 40.9. The third-order valence-corrected chi connectivity index (χ3v) is 12.4. The topological polar surface area (TPSA) is 40.6 Å². The van der Waals surface area contributed by atoms with Crippen LogP contribution in [-0.2, 0) is 37.3 Å². The summed E-state index contributed by atoms with van der Waals surface area (Å²) in [7, 11) is 0. The molecule has 0 spiro atoms. The molecular formula is C56H59N5Pt. The number of benzene rings is 5. The predicted molar refractivity (Wildman–Crippen MR) is 257 cm³/mol. The number of hydrogen-bond donors (Lipinski definition) is 0. The Kier molecular flexibility index (Phi) is 10.9. The van der Waals surface area contributed by atoms with Gasteiger partial charge in [0.15, 0.2) is 0 Å². The van der Waals surface area contributed by atoms with Gasteiger partial charge < -0.3 is 9.13 Å². The van der Waals surface area contributed by atoms with E-state index in [9.17, 15) is 0 Å². The molecule has 318 valence electrons. The molecule has 0 aliphatic rings. The van der Waals surface area contributed by atoms with E-state index in [1.165, 1.54) is 44.3 Å². The number of para-hydroxylation sites is 2. The minimum absolute atomic E-state index is 0. The van der Waals surface area contributed by atoms with Crippen LogP contribution in [0.2, 0.25) is 0 Å². The standard InChI is InChI=1S/C56H59N5.Pt/c1-34(2)39-21-18-22-40(35(3)4)50(39)51-52(55(8,9)10)58-61(53(51)56(11,12)13)38-26-28-43-41-19-14-16-23-45(41)59(47(43)33-38)37-25-27-44-42-20-15-17-24-46(42)60(48(44)32-37)49-31-36(29-30-57-49)54(5,6)7;/h14-31,34-35H,1-13H3;/q-2;+2. The molecule has 0 saturated heterocycles. The van der Waals surface area contributed by atoms with Gasteiger partial charge in [-0.3, -0.25) is 4.68 Å². The third kappa shape index (κ3) is 7.15. The molecule has 0 aliphatic heterocycles. The summed E-state index contributed by atoms with van der Waals surface area (Å²) in [4.78, 5) is 4.96. The van der Waals surface area contributed by atoms with Gasteiger partial charge in [0, 0.05) is 33.6 Å². The monoisotopic (exact) mass is 996 g/mol. The Morgan fingerprint density at radius 3 is 1.60 bits per heavy atom. The molecule has 9 rings (SSSR count). The molecule has 0 atom stereocenters. The molecule has 9 aromatic rings. The van der Waals surface area contributed by atoms with Gasteiger partial charge in [-0.25, -0.2) is 4.98 Å². The summed E-state index contributed by atoms with van der Waals surface area (Å²) in [5.41, 5.74) is 14.5. The van der Waals surface area contributed by atoms with Crippen LogP contribution in [0.4, 0.5) is 0 Å². The van der Waals surface area contributed by atoms with Crippen LogP contribution >= 0.6 is 0 Å². The fraction of sp³-hybridized carbons (Fsp3) is 0.321. The van der Waals surface area contributed by atoms with Crippen LogP contribution in [0.15, 0.2) is 109 Å². The van der Waals surface area contributed by atoms with Crippen LogP contribution in [0, 0.1) is 12.1 Å².